The Balaban J connectivity index is 2.71. The minimum atomic E-state index is -2.96. The van der Waals surface area contributed by atoms with Crippen molar-refractivity contribution >= 4 is 9.84 Å². The maximum Gasteiger partial charge on any atom is 0.153 e. The molecule has 1 fully saturated rings. The fourth-order valence-corrected chi connectivity index (χ4v) is 4.01. The number of nitrogens with two attached hydrogens (primary N) is 1. The second-order valence-corrected chi connectivity index (χ2v) is 8.66. The van der Waals surface area contributed by atoms with Gasteiger partial charge in [0.05, 0.1) is 11.0 Å². The van der Waals surface area contributed by atoms with E-state index in [0.717, 1.165) is 19.4 Å². The minimum absolute atomic E-state index is 0.0412. The second-order valence-electron chi connectivity index (χ2n) is 5.98. The summed E-state index contributed by atoms with van der Waals surface area (Å²) in [7, 11) is -2.96. The van der Waals surface area contributed by atoms with Crippen LogP contribution in [0.5, 0.6) is 0 Å². The van der Waals surface area contributed by atoms with Crippen LogP contribution in [-0.4, -0.2) is 49.5 Å². The Kier molecular flexibility index (Phi) is 6.27. The Labute approximate surface area is 118 Å². The van der Waals surface area contributed by atoms with Gasteiger partial charge in [-0.1, -0.05) is 26.2 Å². The van der Waals surface area contributed by atoms with Gasteiger partial charge in [0.1, 0.15) is 0 Å². The van der Waals surface area contributed by atoms with Crippen LogP contribution in [0.4, 0.5) is 0 Å². The SMILES string of the molecule is CCN(CCS(=O)(=O)C(C)C)C1(CN)CCCCC1. The molecule has 2 N–H and O–H groups in total. The Hall–Kier alpha value is -0.130. The van der Waals surface area contributed by atoms with Crippen molar-refractivity contribution in [2.24, 2.45) is 5.73 Å². The molecule has 0 aliphatic heterocycles. The third kappa shape index (κ3) is 4.17. The van der Waals surface area contributed by atoms with Crippen LogP contribution in [0.25, 0.3) is 0 Å². The highest BCUT2D eigenvalue weighted by molar-refractivity contribution is 7.92. The Morgan fingerprint density at radius 2 is 1.79 bits per heavy atom. The summed E-state index contributed by atoms with van der Waals surface area (Å²) in [6, 6.07) is 0. The van der Waals surface area contributed by atoms with Gasteiger partial charge in [0.15, 0.2) is 9.84 Å². The molecule has 4 nitrogen and oxygen atoms in total. The van der Waals surface area contributed by atoms with E-state index >= 15 is 0 Å². The van der Waals surface area contributed by atoms with Gasteiger partial charge in [-0.05, 0) is 33.2 Å². The molecule has 0 atom stereocenters. The largest absolute Gasteiger partial charge is 0.329 e. The molecule has 1 aliphatic rings. The molecule has 114 valence electrons. The van der Waals surface area contributed by atoms with E-state index in [9.17, 15) is 8.42 Å². The molecule has 1 aliphatic carbocycles. The van der Waals surface area contributed by atoms with Crippen molar-refractivity contribution in [2.75, 3.05) is 25.4 Å². The fraction of sp³-hybridized carbons (Fsp3) is 1.00. The van der Waals surface area contributed by atoms with Crippen molar-refractivity contribution in [1.29, 1.82) is 0 Å². The average Bonchev–Trinajstić information content (AvgIpc) is 2.40. The maximum atomic E-state index is 12.0. The van der Waals surface area contributed by atoms with Crippen molar-refractivity contribution < 1.29 is 8.42 Å². The van der Waals surface area contributed by atoms with Crippen LogP contribution in [-0.2, 0) is 9.84 Å². The molecule has 1 rings (SSSR count). The number of hydrogen-bond acceptors (Lipinski definition) is 4. The molecule has 0 saturated heterocycles. The molecule has 19 heavy (non-hydrogen) atoms. The normalized spacial score (nSPS) is 20.1. The fourth-order valence-electron chi connectivity index (χ4n) is 3.06. The van der Waals surface area contributed by atoms with Gasteiger partial charge in [-0.2, -0.15) is 0 Å². The van der Waals surface area contributed by atoms with Crippen LogP contribution in [0.15, 0.2) is 0 Å². The lowest BCUT2D eigenvalue weighted by atomic mass is 9.80. The predicted molar refractivity (Wildman–Crippen MR) is 81.0 cm³/mol. The highest BCUT2D eigenvalue weighted by Gasteiger charge is 2.36. The highest BCUT2D eigenvalue weighted by Crippen LogP contribution is 2.32. The summed E-state index contributed by atoms with van der Waals surface area (Å²) < 4.78 is 23.9. The maximum absolute atomic E-state index is 12.0. The number of sulfone groups is 1. The van der Waals surface area contributed by atoms with Crippen LogP contribution in [0.3, 0.4) is 0 Å². The van der Waals surface area contributed by atoms with Crippen LogP contribution in [0.1, 0.15) is 52.9 Å². The number of hydrogen-bond donors (Lipinski definition) is 1. The highest BCUT2D eigenvalue weighted by atomic mass is 32.2. The molecule has 0 bridgehead atoms. The van der Waals surface area contributed by atoms with Gasteiger partial charge in [0.25, 0.3) is 0 Å². The summed E-state index contributed by atoms with van der Waals surface area (Å²) >= 11 is 0. The summed E-state index contributed by atoms with van der Waals surface area (Å²) in [6.07, 6.45) is 5.93. The van der Waals surface area contributed by atoms with Crippen LogP contribution >= 0.6 is 0 Å². The first-order valence-electron chi connectivity index (χ1n) is 7.54. The monoisotopic (exact) mass is 290 g/mol. The van der Waals surface area contributed by atoms with E-state index < -0.39 is 9.84 Å². The Bertz CT molecular complexity index is 360. The third-order valence-corrected chi connectivity index (χ3v) is 6.77. The molecule has 0 amide bonds. The van der Waals surface area contributed by atoms with Gasteiger partial charge >= 0.3 is 0 Å². The van der Waals surface area contributed by atoms with Crippen molar-refractivity contribution in [3.05, 3.63) is 0 Å². The molecular formula is C14H30N2O2S. The lowest BCUT2D eigenvalue weighted by Crippen LogP contribution is -2.56. The third-order valence-electron chi connectivity index (χ3n) is 4.58. The summed E-state index contributed by atoms with van der Waals surface area (Å²) in [5, 5.41) is -0.286. The summed E-state index contributed by atoms with van der Waals surface area (Å²) in [4.78, 5) is 2.31. The minimum Gasteiger partial charge on any atom is -0.329 e. The Morgan fingerprint density at radius 3 is 2.21 bits per heavy atom. The van der Waals surface area contributed by atoms with Crippen molar-refractivity contribution in [2.45, 2.75) is 63.7 Å². The van der Waals surface area contributed by atoms with Gasteiger partial charge in [-0.3, -0.25) is 4.90 Å². The zero-order valence-electron chi connectivity index (χ0n) is 12.7. The van der Waals surface area contributed by atoms with Gasteiger partial charge in [0.2, 0.25) is 0 Å². The van der Waals surface area contributed by atoms with Gasteiger partial charge in [0, 0.05) is 18.6 Å². The first kappa shape index (κ1) is 16.9. The molecule has 0 radical (unpaired) electrons. The average molecular weight is 290 g/mol. The van der Waals surface area contributed by atoms with Crippen molar-refractivity contribution in [3.63, 3.8) is 0 Å². The van der Waals surface area contributed by atoms with E-state index in [1.165, 1.54) is 19.3 Å². The van der Waals surface area contributed by atoms with E-state index in [0.29, 0.717) is 13.1 Å². The smallest absolute Gasteiger partial charge is 0.153 e. The zero-order valence-corrected chi connectivity index (χ0v) is 13.5. The van der Waals surface area contributed by atoms with Crippen LogP contribution < -0.4 is 5.73 Å². The molecule has 0 aromatic heterocycles. The standard InChI is InChI=1S/C14H30N2O2S/c1-4-16(10-11-19(17,18)13(2)3)14(12-15)8-6-5-7-9-14/h13H,4-12,15H2,1-3H3. The molecule has 0 heterocycles. The van der Waals surface area contributed by atoms with Crippen LogP contribution in [0.2, 0.25) is 0 Å². The molecule has 1 saturated carbocycles. The lowest BCUT2D eigenvalue weighted by molar-refractivity contribution is 0.0678. The topological polar surface area (TPSA) is 63.4 Å². The summed E-state index contributed by atoms with van der Waals surface area (Å²) in [6.45, 7) is 7.76. The number of likely N-dealkylation sites (N-methyl/N-ethyl adjacent to an activating group) is 1. The molecule has 0 aromatic carbocycles. The Morgan fingerprint density at radius 1 is 1.21 bits per heavy atom. The molecule has 0 spiro atoms. The van der Waals surface area contributed by atoms with E-state index in [2.05, 4.69) is 11.8 Å². The van der Waals surface area contributed by atoms with E-state index in [1.807, 2.05) is 0 Å². The van der Waals surface area contributed by atoms with Gasteiger partial charge in [-0.15, -0.1) is 0 Å². The number of rotatable bonds is 7. The van der Waals surface area contributed by atoms with E-state index in [1.54, 1.807) is 13.8 Å². The molecular weight excluding hydrogens is 260 g/mol. The first-order valence-corrected chi connectivity index (χ1v) is 9.26. The van der Waals surface area contributed by atoms with Gasteiger partial charge < -0.3 is 5.73 Å². The van der Waals surface area contributed by atoms with Crippen molar-refractivity contribution in [1.82, 2.24) is 4.90 Å². The second kappa shape index (κ2) is 7.04. The summed E-state index contributed by atoms with van der Waals surface area (Å²) in [5.74, 6) is 0.250. The zero-order chi connectivity index (χ0) is 14.5. The molecule has 0 unspecified atom stereocenters. The van der Waals surface area contributed by atoms with E-state index in [4.69, 9.17) is 5.73 Å². The summed E-state index contributed by atoms with van der Waals surface area (Å²) in [5.41, 5.74) is 6.06. The first-order chi connectivity index (χ1) is 8.88. The predicted octanol–water partition coefficient (Wildman–Crippen LogP) is 1.79. The number of nitrogens with zero attached hydrogens (tertiary/aromatic N) is 1. The molecule has 5 heteroatoms. The molecule has 0 aromatic rings. The van der Waals surface area contributed by atoms with Crippen LogP contribution in [0, 0.1) is 0 Å². The van der Waals surface area contributed by atoms with Gasteiger partial charge in [-0.25, -0.2) is 8.42 Å². The quantitative estimate of drug-likeness (QED) is 0.776. The van der Waals surface area contributed by atoms with E-state index in [-0.39, 0.29) is 16.5 Å². The van der Waals surface area contributed by atoms with Crippen molar-refractivity contribution in [3.8, 4) is 0 Å². The lowest BCUT2D eigenvalue weighted by Gasteiger charge is -2.45.